The van der Waals surface area contributed by atoms with Gasteiger partial charge in [-0.05, 0) is 24.5 Å². The molecule has 0 amide bonds. The van der Waals surface area contributed by atoms with E-state index in [1.807, 2.05) is 31.2 Å². The normalized spacial score (nSPS) is 21.5. The molecule has 1 saturated carbocycles. The highest BCUT2D eigenvalue weighted by molar-refractivity contribution is 6.61. The molecular formula is C16H18Cl2O3. The van der Waals surface area contributed by atoms with E-state index in [9.17, 15) is 9.59 Å². The Morgan fingerprint density at radius 3 is 2.38 bits per heavy atom. The summed E-state index contributed by atoms with van der Waals surface area (Å²) in [5.74, 6) is -0.794. The van der Waals surface area contributed by atoms with Crippen LogP contribution in [0.15, 0.2) is 24.3 Å². The lowest BCUT2D eigenvalue weighted by Crippen LogP contribution is -2.45. The summed E-state index contributed by atoms with van der Waals surface area (Å²) in [6.45, 7) is 4.11. The Morgan fingerprint density at radius 2 is 1.95 bits per heavy atom. The number of ketones is 1. The number of alkyl halides is 2. The predicted octanol–water partition coefficient (Wildman–Crippen LogP) is 3.97. The minimum Gasteiger partial charge on any atom is -0.466 e. The van der Waals surface area contributed by atoms with Gasteiger partial charge in [0.1, 0.15) is 0 Å². The van der Waals surface area contributed by atoms with Crippen LogP contribution in [0.1, 0.15) is 49.7 Å². The molecule has 0 aliphatic heterocycles. The molecule has 1 aromatic rings. The van der Waals surface area contributed by atoms with Crippen molar-refractivity contribution in [2.24, 2.45) is 0 Å². The van der Waals surface area contributed by atoms with Crippen molar-refractivity contribution in [3.8, 4) is 0 Å². The molecule has 1 aromatic carbocycles. The zero-order valence-electron chi connectivity index (χ0n) is 12.1. The average molecular weight is 329 g/mol. The lowest BCUT2D eigenvalue weighted by molar-refractivity contribution is -0.145. The van der Waals surface area contributed by atoms with Crippen LogP contribution in [0, 0.1) is 0 Å². The van der Waals surface area contributed by atoms with Crippen molar-refractivity contribution < 1.29 is 14.3 Å². The topological polar surface area (TPSA) is 43.4 Å². The molecule has 0 radical (unpaired) electrons. The SMILES string of the molecule is CCOC(=O)C(CC)c1ccc(C2CC(=O)C2(Cl)Cl)cc1. The summed E-state index contributed by atoms with van der Waals surface area (Å²) >= 11 is 12.0. The van der Waals surface area contributed by atoms with Gasteiger partial charge in [0.2, 0.25) is 0 Å². The molecule has 2 atom stereocenters. The van der Waals surface area contributed by atoms with Gasteiger partial charge in [-0.15, -0.1) is 0 Å². The van der Waals surface area contributed by atoms with Crippen LogP contribution in [0.2, 0.25) is 0 Å². The van der Waals surface area contributed by atoms with Gasteiger partial charge < -0.3 is 4.74 Å². The number of carbonyl (C=O) groups excluding carboxylic acids is 2. The molecule has 0 saturated heterocycles. The maximum atomic E-state index is 11.9. The van der Waals surface area contributed by atoms with Crippen LogP contribution < -0.4 is 0 Å². The van der Waals surface area contributed by atoms with Gasteiger partial charge in [-0.1, -0.05) is 54.4 Å². The van der Waals surface area contributed by atoms with Gasteiger partial charge >= 0.3 is 5.97 Å². The van der Waals surface area contributed by atoms with E-state index in [4.69, 9.17) is 27.9 Å². The van der Waals surface area contributed by atoms with E-state index in [1.165, 1.54) is 0 Å². The first-order valence-electron chi connectivity index (χ1n) is 7.09. The number of rotatable bonds is 5. The number of carbonyl (C=O) groups is 2. The molecule has 1 aliphatic carbocycles. The Labute approximate surface area is 134 Å². The zero-order chi connectivity index (χ0) is 15.6. The first kappa shape index (κ1) is 16.3. The van der Waals surface area contributed by atoms with Gasteiger partial charge in [-0.2, -0.15) is 0 Å². The third kappa shape index (κ3) is 3.09. The fraction of sp³-hybridized carbons (Fsp3) is 0.500. The Morgan fingerprint density at radius 1 is 1.33 bits per heavy atom. The number of esters is 1. The second-order valence-electron chi connectivity index (χ2n) is 5.18. The maximum absolute atomic E-state index is 11.9. The van der Waals surface area contributed by atoms with Crippen molar-refractivity contribution >= 4 is 35.0 Å². The lowest BCUT2D eigenvalue weighted by atomic mass is 9.77. The van der Waals surface area contributed by atoms with Gasteiger partial charge in [0.15, 0.2) is 10.1 Å². The molecule has 114 valence electrons. The fourth-order valence-electron chi connectivity index (χ4n) is 2.58. The van der Waals surface area contributed by atoms with Crippen molar-refractivity contribution in [3.05, 3.63) is 35.4 Å². The molecule has 0 aromatic heterocycles. The number of hydrogen-bond acceptors (Lipinski definition) is 3. The van der Waals surface area contributed by atoms with E-state index in [1.54, 1.807) is 6.92 Å². The summed E-state index contributed by atoms with van der Waals surface area (Å²) in [6.07, 6.45) is 1.04. The number of hydrogen-bond donors (Lipinski definition) is 0. The van der Waals surface area contributed by atoms with Crippen LogP contribution in [-0.4, -0.2) is 22.7 Å². The van der Waals surface area contributed by atoms with Crippen molar-refractivity contribution in [2.75, 3.05) is 6.61 Å². The summed E-state index contributed by atoms with van der Waals surface area (Å²) < 4.78 is 3.77. The number of benzene rings is 1. The Hall–Kier alpha value is -1.06. The summed E-state index contributed by atoms with van der Waals surface area (Å²) in [6, 6.07) is 7.53. The molecule has 5 heteroatoms. The van der Waals surface area contributed by atoms with E-state index in [-0.39, 0.29) is 23.6 Å². The number of ether oxygens (including phenoxy) is 1. The molecular weight excluding hydrogens is 311 g/mol. The molecule has 0 bridgehead atoms. The van der Waals surface area contributed by atoms with Crippen LogP contribution in [0.4, 0.5) is 0 Å². The molecule has 0 spiro atoms. The van der Waals surface area contributed by atoms with Gasteiger partial charge in [-0.25, -0.2) is 0 Å². The third-order valence-corrected chi connectivity index (χ3v) is 4.87. The quantitative estimate of drug-likeness (QED) is 0.606. The highest BCUT2D eigenvalue weighted by Crippen LogP contribution is 2.50. The second kappa shape index (κ2) is 6.37. The largest absolute Gasteiger partial charge is 0.466 e. The number of Topliss-reactive ketones (excluding diaryl/α,β-unsaturated/α-hetero) is 1. The van der Waals surface area contributed by atoms with Gasteiger partial charge in [0, 0.05) is 12.3 Å². The lowest BCUT2D eigenvalue weighted by Gasteiger charge is -2.38. The van der Waals surface area contributed by atoms with E-state index in [0.29, 0.717) is 19.4 Å². The third-order valence-electron chi connectivity index (χ3n) is 3.92. The number of halogens is 2. The zero-order valence-corrected chi connectivity index (χ0v) is 13.6. The second-order valence-corrected chi connectivity index (χ2v) is 6.57. The molecule has 0 N–H and O–H groups in total. The van der Waals surface area contributed by atoms with Gasteiger partial charge in [-0.3, -0.25) is 9.59 Å². The summed E-state index contributed by atoms with van der Waals surface area (Å²) in [7, 11) is 0. The van der Waals surface area contributed by atoms with Gasteiger partial charge in [0.05, 0.1) is 12.5 Å². The molecule has 0 heterocycles. The van der Waals surface area contributed by atoms with Crippen LogP contribution in [0.3, 0.4) is 0 Å². The molecule has 3 nitrogen and oxygen atoms in total. The maximum Gasteiger partial charge on any atom is 0.313 e. The van der Waals surface area contributed by atoms with Crippen molar-refractivity contribution in [1.82, 2.24) is 0 Å². The highest BCUT2D eigenvalue weighted by Gasteiger charge is 2.53. The molecule has 2 rings (SSSR count). The fourth-order valence-corrected chi connectivity index (χ4v) is 3.14. The minimum atomic E-state index is -1.31. The van der Waals surface area contributed by atoms with Crippen LogP contribution in [0.5, 0.6) is 0 Å². The summed E-state index contributed by atoms with van der Waals surface area (Å²) in [4.78, 5) is 23.3. The van der Waals surface area contributed by atoms with Crippen molar-refractivity contribution in [1.29, 1.82) is 0 Å². The molecule has 21 heavy (non-hydrogen) atoms. The minimum absolute atomic E-state index is 0.141. The standard InChI is InChI=1S/C16H18Cl2O3/c1-3-12(15(20)21-4-2)10-5-7-11(8-6-10)13-9-14(19)16(13,17)18/h5-8,12-13H,3-4,9H2,1-2H3. The molecule has 1 aliphatic rings. The Bertz CT molecular complexity index is 537. The van der Waals surface area contributed by atoms with Crippen LogP contribution in [0.25, 0.3) is 0 Å². The van der Waals surface area contributed by atoms with Crippen molar-refractivity contribution in [2.45, 2.75) is 42.9 Å². The van der Waals surface area contributed by atoms with Crippen LogP contribution in [-0.2, 0) is 14.3 Å². The predicted molar refractivity (Wildman–Crippen MR) is 82.9 cm³/mol. The van der Waals surface area contributed by atoms with Gasteiger partial charge in [0.25, 0.3) is 0 Å². The molecule has 1 fully saturated rings. The van der Waals surface area contributed by atoms with E-state index in [0.717, 1.165) is 11.1 Å². The monoisotopic (exact) mass is 328 g/mol. The van der Waals surface area contributed by atoms with E-state index < -0.39 is 4.33 Å². The first-order valence-corrected chi connectivity index (χ1v) is 7.85. The highest BCUT2D eigenvalue weighted by atomic mass is 35.5. The smallest absolute Gasteiger partial charge is 0.313 e. The summed E-state index contributed by atoms with van der Waals surface area (Å²) in [5, 5.41) is 0. The van der Waals surface area contributed by atoms with E-state index >= 15 is 0 Å². The van der Waals surface area contributed by atoms with Crippen molar-refractivity contribution in [3.63, 3.8) is 0 Å². The summed E-state index contributed by atoms with van der Waals surface area (Å²) in [5.41, 5.74) is 1.82. The van der Waals surface area contributed by atoms with E-state index in [2.05, 4.69) is 0 Å². The Balaban J connectivity index is 2.15. The Kier molecular flexibility index (Phi) is 4.95. The average Bonchev–Trinajstić information content (AvgIpc) is 2.47. The first-order chi connectivity index (χ1) is 9.91. The van der Waals surface area contributed by atoms with Crippen LogP contribution >= 0.6 is 23.2 Å². The molecule has 2 unspecified atom stereocenters.